The standard InChI is InChI=1S/C12H21Cl/c1-2-11-7-3-4-8-12(11)9-5-6-10-13/h5,9,11-12H,2-4,6-8,10H2,1H3/b9-5+. The van der Waals surface area contributed by atoms with Gasteiger partial charge in [-0.25, -0.2) is 0 Å². The average molecular weight is 201 g/mol. The van der Waals surface area contributed by atoms with E-state index < -0.39 is 0 Å². The monoisotopic (exact) mass is 200 g/mol. The van der Waals surface area contributed by atoms with Crippen LogP contribution in [0.25, 0.3) is 0 Å². The summed E-state index contributed by atoms with van der Waals surface area (Å²) in [6.07, 6.45) is 12.8. The van der Waals surface area contributed by atoms with E-state index in [9.17, 15) is 0 Å². The van der Waals surface area contributed by atoms with Gasteiger partial charge < -0.3 is 0 Å². The summed E-state index contributed by atoms with van der Waals surface area (Å²) >= 11 is 5.64. The van der Waals surface area contributed by atoms with Crippen LogP contribution in [0, 0.1) is 11.8 Å². The van der Waals surface area contributed by atoms with Crippen molar-refractivity contribution in [3.8, 4) is 0 Å². The Morgan fingerprint density at radius 3 is 2.77 bits per heavy atom. The molecule has 13 heavy (non-hydrogen) atoms. The van der Waals surface area contributed by atoms with Crippen LogP contribution < -0.4 is 0 Å². The lowest BCUT2D eigenvalue weighted by molar-refractivity contribution is 0.276. The van der Waals surface area contributed by atoms with Gasteiger partial charge in [-0.05, 0) is 31.1 Å². The molecule has 0 radical (unpaired) electrons. The second-order valence-corrected chi connectivity index (χ2v) is 4.40. The Bertz CT molecular complexity index is 151. The van der Waals surface area contributed by atoms with Crippen molar-refractivity contribution in [1.29, 1.82) is 0 Å². The molecule has 0 aliphatic heterocycles. The zero-order chi connectivity index (χ0) is 9.52. The molecule has 0 aromatic heterocycles. The Balaban J connectivity index is 2.35. The number of allylic oxidation sites excluding steroid dienone is 2. The van der Waals surface area contributed by atoms with Gasteiger partial charge in [0, 0.05) is 5.88 Å². The van der Waals surface area contributed by atoms with Gasteiger partial charge in [-0.2, -0.15) is 0 Å². The normalized spacial score (nSPS) is 29.7. The maximum Gasteiger partial charge on any atom is 0.0258 e. The molecule has 0 amide bonds. The molecule has 0 heterocycles. The second-order valence-electron chi connectivity index (χ2n) is 4.02. The maximum atomic E-state index is 5.64. The van der Waals surface area contributed by atoms with Crippen LogP contribution in [0.5, 0.6) is 0 Å². The van der Waals surface area contributed by atoms with Crippen LogP contribution in [0.1, 0.15) is 45.4 Å². The van der Waals surface area contributed by atoms with Crippen molar-refractivity contribution in [2.75, 3.05) is 5.88 Å². The Hall–Kier alpha value is 0.0300. The number of halogens is 1. The molecule has 2 atom stereocenters. The lowest BCUT2D eigenvalue weighted by atomic mass is 9.78. The number of rotatable bonds is 4. The molecular weight excluding hydrogens is 180 g/mol. The predicted octanol–water partition coefficient (Wildman–Crippen LogP) is 4.39. The molecule has 1 heteroatoms. The van der Waals surface area contributed by atoms with E-state index >= 15 is 0 Å². The molecule has 0 nitrogen and oxygen atoms in total. The van der Waals surface area contributed by atoms with E-state index in [1.54, 1.807) is 0 Å². The molecule has 0 saturated heterocycles. The van der Waals surface area contributed by atoms with Gasteiger partial charge in [0.05, 0.1) is 0 Å². The summed E-state index contributed by atoms with van der Waals surface area (Å²) in [5.74, 6) is 2.56. The van der Waals surface area contributed by atoms with Gasteiger partial charge in [0.2, 0.25) is 0 Å². The second kappa shape index (κ2) is 6.48. The maximum absolute atomic E-state index is 5.64. The molecule has 1 aliphatic carbocycles. The first-order valence-corrected chi connectivity index (χ1v) is 6.14. The Morgan fingerprint density at radius 1 is 1.31 bits per heavy atom. The van der Waals surface area contributed by atoms with Crippen LogP contribution in [0.2, 0.25) is 0 Å². The zero-order valence-electron chi connectivity index (χ0n) is 8.64. The van der Waals surface area contributed by atoms with E-state index in [0.29, 0.717) is 0 Å². The van der Waals surface area contributed by atoms with Crippen molar-refractivity contribution >= 4 is 11.6 Å². The minimum atomic E-state index is 0.764. The summed E-state index contributed by atoms with van der Waals surface area (Å²) in [7, 11) is 0. The summed E-state index contributed by atoms with van der Waals surface area (Å²) in [6.45, 7) is 2.32. The highest BCUT2D eigenvalue weighted by Gasteiger charge is 2.20. The van der Waals surface area contributed by atoms with Crippen molar-refractivity contribution in [1.82, 2.24) is 0 Å². The Labute approximate surface area is 87.4 Å². The highest BCUT2D eigenvalue weighted by atomic mass is 35.5. The summed E-state index contributed by atoms with van der Waals surface area (Å²) in [5, 5.41) is 0. The van der Waals surface area contributed by atoms with E-state index in [2.05, 4.69) is 19.1 Å². The Kier molecular flexibility index (Phi) is 5.54. The van der Waals surface area contributed by atoms with Crippen LogP contribution in [0.3, 0.4) is 0 Å². The molecule has 0 aromatic carbocycles. The van der Waals surface area contributed by atoms with Gasteiger partial charge in [-0.3, -0.25) is 0 Å². The van der Waals surface area contributed by atoms with Gasteiger partial charge in [0.1, 0.15) is 0 Å². The van der Waals surface area contributed by atoms with Crippen molar-refractivity contribution in [2.45, 2.75) is 45.4 Å². The molecule has 76 valence electrons. The van der Waals surface area contributed by atoms with E-state index in [1.165, 1.54) is 32.1 Å². The molecular formula is C12H21Cl. The van der Waals surface area contributed by atoms with Crippen molar-refractivity contribution in [2.24, 2.45) is 11.8 Å². The smallest absolute Gasteiger partial charge is 0.0258 e. The minimum Gasteiger partial charge on any atom is -0.126 e. The third kappa shape index (κ3) is 3.72. The highest BCUT2D eigenvalue weighted by Crippen LogP contribution is 2.33. The number of alkyl halides is 1. The summed E-state index contributed by atoms with van der Waals surface area (Å²) in [4.78, 5) is 0. The Morgan fingerprint density at radius 2 is 2.08 bits per heavy atom. The quantitative estimate of drug-likeness (QED) is 0.467. The van der Waals surface area contributed by atoms with E-state index in [4.69, 9.17) is 11.6 Å². The predicted molar refractivity (Wildman–Crippen MR) is 60.2 cm³/mol. The molecule has 0 N–H and O–H groups in total. The molecule has 0 bridgehead atoms. The van der Waals surface area contributed by atoms with Crippen LogP contribution >= 0.6 is 11.6 Å². The summed E-state index contributed by atoms with van der Waals surface area (Å²) < 4.78 is 0. The highest BCUT2D eigenvalue weighted by molar-refractivity contribution is 6.17. The summed E-state index contributed by atoms with van der Waals surface area (Å²) in [5.41, 5.74) is 0. The first kappa shape index (κ1) is 11.1. The van der Waals surface area contributed by atoms with Crippen molar-refractivity contribution in [3.63, 3.8) is 0 Å². The lowest BCUT2D eigenvalue weighted by Gasteiger charge is -2.28. The van der Waals surface area contributed by atoms with Gasteiger partial charge in [-0.1, -0.05) is 38.3 Å². The fraction of sp³-hybridized carbons (Fsp3) is 0.833. The first-order valence-electron chi connectivity index (χ1n) is 5.61. The molecule has 1 aliphatic rings. The molecule has 1 fully saturated rings. The minimum absolute atomic E-state index is 0.764. The number of hydrogen-bond acceptors (Lipinski definition) is 0. The fourth-order valence-corrected chi connectivity index (χ4v) is 2.46. The lowest BCUT2D eigenvalue weighted by Crippen LogP contribution is -2.16. The van der Waals surface area contributed by atoms with E-state index in [1.807, 2.05) is 0 Å². The third-order valence-corrected chi connectivity index (χ3v) is 3.37. The van der Waals surface area contributed by atoms with Gasteiger partial charge in [0.15, 0.2) is 0 Å². The van der Waals surface area contributed by atoms with Crippen molar-refractivity contribution in [3.05, 3.63) is 12.2 Å². The molecule has 0 aromatic rings. The van der Waals surface area contributed by atoms with E-state index in [0.717, 1.165) is 24.1 Å². The molecule has 2 unspecified atom stereocenters. The van der Waals surface area contributed by atoms with Crippen LogP contribution in [0.4, 0.5) is 0 Å². The van der Waals surface area contributed by atoms with Gasteiger partial charge >= 0.3 is 0 Å². The topological polar surface area (TPSA) is 0 Å². The largest absolute Gasteiger partial charge is 0.126 e. The van der Waals surface area contributed by atoms with Crippen molar-refractivity contribution < 1.29 is 0 Å². The van der Waals surface area contributed by atoms with E-state index in [-0.39, 0.29) is 0 Å². The first-order chi connectivity index (χ1) is 6.38. The average Bonchev–Trinajstić information content (AvgIpc) is 2.19. The molecule has 1 rings (SSSR count). The fourth-order valence-electron chi connectivity index (χ4n) is 2.33. The molecule has 0 spiro atoms. The zero-order valence-corrected chi connectivity index (χ0v) is 9.39. The number of hydrogen-bond donors (Lipinski definition) is 0. The third-order valence-electron chi connectivity index (χ3n) is 3.15. The van der Waals surface area contributed by atoms with Gasteiger partial charge in [0.25, 0.3) is 0 Å². The summed E-state index contributed by atoms with van der Waals surface area (Å²) in [6, 6.07) is 0. The van der Waals surface area contributed by atoms with Crippen LogP contribution in [0.15, 0.2) is 12.2 Å². The van der Waals surface area contributed by atoms with Crippen LogP contribution in [-0.2, 0) is 0 Å². The SMILES string of the molecule is CCC1CCCCC1/C=C/CCCl. The van der Waals surface area contributed by atoms with Crippen LogP contribution in [-0.4, -0.2) is 5.88 Å². The van der Waals surface area contributed by atoms with Gasteiger partial charge in [-0.15, -0.1) is 11.6 Å². The molecule has 1 saturated carbocycles.